The highest BCUT2D eigenvalue weighted by molar-refractivity contribution is 7.80. The van der Waals surface area contributed by atoms with E-state index in [1.54, 1.807) is 13.3 Å². The van der Waals surface area contributed by atoms with Crippen molar-refractivity contribution in [2.24, 2.45) is 0 Å². The van der Waals surface area contributed by atoms with Gasteiger partial charge in [-0.1, -0.05) is 18.2 Å². The number of methoxy groups -OCH3 is 1. The van der Waals surface area contributed by atoms with Crippen molar-refractivity contribution in [2.75, 3.05) is 20.3 Å². The van der Waals surface area contributed by atoms with Gasteiger partial charge in [0.05, 0.1) is 13.2 Å². The number of hydrogen-bond acceptors (Lipinski definition) is 4. The molecule has 1 aliphatic heterocycles. The largest absolute Gasteiger partial charge is 0.497 e. The predicted octanol–water partition coefficient (Wildman–Crippen LogP) is 3.15. The molecule has 0 amide bonds. The van der Waals surface area contributed by atoms with Crippen molar-refractivity contribution in [3.63, 3.8) is 0 Å². The van der Waals surface area contributed by atoms with E-state index in [1.807, 2.05) is 24.4 Å². The third-order valence-corrected chi connectivity index (χ3v) is 4.82. The molecule has 6 heteroatoms. The molecule has 1 N–H and O–H groups in total. The van der Waals surface area contributed by atoms with Gasteiger partial charge >= 0.3 is 0 Å². The zero-order valence-electron chi connectivity index (χ0n) is 15.1. The second kappa shape index (κ2) is 9.50. The lowest BCUT2D eigenvalue weighted by atomic mass is 10.2. The third-order valence-electron chi connectivity index (χ3n) is 4.42. The van der Waals surface area contributed by atoms with Crippen LogP contribution in [0.5, 0.6) is 5.75 Å². The molecular formula is C20H25N3O2S. The van der Waals surface area contributed by atoms with Crippen LogP contribution in [-0.2, 0) is 17.8 Å². The van der Waals surface area contributed by atoms with Gasteiger partial charge in [-0.15, -0.1) is 0 Å². The summed E-state index contributed by atoms with van der Waals surface area (Å²) in [5.74, 6) is 0.853. The van der Waals surface area contributed by atoms with Gasteiger partial charge in [-0.3, -0.25) is 4.98 Å². The molecule has 1 aromatic heterocycles. The Hall–Kier alpha value is -2.18. The van der Waals surface area contributed by atoms with E-state index in [-0.39, 0.29) is 6.10 Å². The van der Waals surface area contributed by atoms with Crippen molar-refractivity contribution in [2.45, 2.75) is 32.0 Å². The van der Waals surface area contributed by atoms with Gasteiger partial charge in [-0.25, -0.2) is 0 Å². The Bertz CT molecular complexity index is 688. The molecule has 2 aromatic rings. The van der Waals surface area contributed by atoms with E-state index in [2.05, 4.69) is 33.4 Å². The number of pyridine rings is 1. The first-order chi connectivity index (χ1) is 12.7. The summed E-state index contributed by atoms with van der Waals surface area (Å²) in [6.45, 7) is 3.03. The SMILES string of the molecule is COc1ccc(CN(Cc2cccnc2)C(=S)NCC2CCCO2)cc1. The molecule has 0 spiro atoms. The highest BCUT2D eigenvalue weighted by Crippen LogP contribution is 2.15. The smallest absolute Gasteiger partial charge is 0.169 e. The van der Waals surface area contributed by atoms with Crippen molar-refractivity contribution in [3.05, 3.63) is 59.9 Å². The zero-order chi connectivity index (χ0) is 18.2. The van der Waals surface area contributed by atoms with Crippen molar-refractivity contribution in [1.82, 2.24) is 15.2 Å². The fourth-order valence-corrected chi connectivity index (χ4v) is 3.19. The molecule has 26 heavy (non-hydrogen) atoms. The van der Waals surface area contributed by atoms with Crippen LogP contribution < -0.4 is 10.1 Å². The highest BCUT2D eigenvalue weighted by Gasteiger charge is 2.17. The van der Waals surface area contributed by atoms with E-state index in [0.29, 0.717) is 6.54 Å². The third kappa shape index (κ3) is 5.41. The fourth-order valence-electron chi connectivity index (χ4n) is 2.98. The Morgan fingerprint density at radius 1 is 1.27 bits per heavy atom. The minimum Gasteiger partial charge on any atom is -0.497 e. The number of ether oxygens (including phenoxy) is 2. The van der Waals surface area contributed by atoms with Gasteiger partial charge in [0.1, 0.15) is 5.75 Å². The van der Waals surface area contributed by atoms with Gasteiger partial charge in [0.2, 0.25) is 0 Å². The molecule has 5 nitrogen and oxygen atoms in total. The lowest BCUT2D eigenvalue weighted by Crippen LogP contribution is -2.42. The van der Waals surface area contributed by atoms with Crippen LogP contribution in [0.4, 0.5) is 0 Å². The first kappa shape index (κ1) is 18.6. The summed E-state index contributed by atoms with van der Waals surface area (Å²) < 4.78 is 10.9. The van der Waals surface area contributed by atoms with Gasteiger partial charge in [0.25, 0.3) is 0 Å². The molecule has 1 fully saturated rings. The highest BCUT2D eigenvalue weighted by atomic mass is 32.1. The minimum absolute atomic E-state index is 0.258. The second-order valence-electron chi connectivity index (χ2n) is 6.39. The molecule has 138 valence electrons. The number of benzene rings is 1. The van der Waals surface area contributed by atoms with E-state index in [9.17, 15) is 0 Å². The van der Waals surface area contributed by atoms with Crippen LogP contribution in [0, 0.1) is 0 Å². The number of aromatic nitrogens is 1. The average molecular weight is 372 g/mol. The molecule has 0 bridgehead atoms. The molecule has 0 saturated carbocycles. The molecule has 1 aromatic carbocycles. The van der Waals surface area contributed by atoms with Crippen LogP contribution in [0.2, 0.25) is 0 Å². The van der Waals surface area contributed by atoms with Crippen LogP contribution >= 0.6 is 12.2 Å². The first-order valence-electron chi connectivity index (χ1n) is 8.91. The van der Waals surface area contributed by atoms with E-state index < -0.39 is 0 Å². The summed E-state index contributed by atoms with van der Waals surface area (Å²) in [6.07, 6.45) is 6.14. The van der Waals surface area contributed by atoms with Gasteiger partial charge in [0.15, 0.2) is 5.11 Å². The van der Waals surface area contributed by atoms with E-state index in [0.717, 1.165) is 49.0 Å². The summed E-state index contributed by atoms with van der Waals surface area (Å²) in [7, 11) is 1.67. The monoisotopic (exact) mass is 371 g/mol. The number of thiocarbonyl (C=S) groups is 1. The van der Waals surface area contributed by atoms with Crippen LogP contribution in [0.3, 0.4) is 0 Å². The summed E-state index contributed by atoms with van der Waals surface area (Å²) in [5.41, 5.74) is 2.30. The van der Waals surface area contributed by atoms with Gasteiger partial charge in [0, 0.05) is 38.6 Å². The minimum atomic E-state index is 0.258. The maximum atomic E-state index is 5.68. The molecule has 0 aliphatic carbocycles. The standard InChI is InChI=1S/C20H25N3O2S/c1-24-18-8-6-16(7-9-18)14-23(15-17-4-2-10-21-12-17)20(26)22-13-19-5-3-11-25-19/h2,4,6-10,12,19H,3,5,11,13-15H2,1H3,(H,22,26). The number of hydrogen-bond donors (Lipinski definition) is 1. The lowest BCUT2D eigenvalue weighted by Gasteiger charge is -2.27. The molecule has 1 saturated heterocycles. The average Bonchev–Trinajstić information content (AvgIpc) is 3.20. The van der Waals surface area contributed by atoms with Crippen LogP contribution in [-0.4, -0.2) is 41.4 Å². The molecule has 3 rings (SSSR count). The second-order valence-corrected chi connectivity index (χ2v) is 6.77. The fraction of sp³-hybridized carbons (Fsp3) is 0.400. The Morgan fingerprint density at radius 3 is 2.73 bits per heavy atom. The van der Waals surface area contributed by atoms with Gasteiger partial charge < -0.3 is 19.7 Å². The number of nitrogens with zero attached hydrogens (tertiary/aromatic N) is 2. The topological polar surface area (TPSA) is 46.6 Å². The van der Waals surface area contributed by atoms with Crippen molar-refractivity contribution in [1.29, 1.82) is 0 Å². The van der Waals surface area contributed by atoms with Gasteiger partial charge in [-0.2, -0.15) is 0 Å². The first-order valence-corrected chi connectivity index (χ1v) is 9.31. The van der Waals surface area contributed by atoms with Crippen LogP contribution in [0.1, 0.15) is 24.0 Å². The van der Waals surface area contributed by atoms with Crippen molar-refractivity contribution >= 4 is 17.3 Å². The van der Waals surface area contributed by atoms with Crippen LogP contribution in [0.25, 0.3) is 0 Å². The molecule has 1 atom stereocenters. The molecule has 0 radical (unpaired) electrons. The van der Waals surface area contributed by atoms with Crippen molar-refractivity contribution < 1.29 is 9.47 Å². The maximum Gasteiger partial charge on any atom is 0.169 e. The van der Waals surface area contributed by atoms with E-state index in [1.165, 1.54) is 5.56 Å². The Balaban J connectivity index is 1.66. The Kier molecular flexibility index (Phi) is 6.80. The molecular weight excluding hydrogens is 346 g/mol. The Morgan fingerprint density at radius 2 is 2.08 bits per heavy atom. The normalized spacial score (nSPS) is 16.3. The quantitative estimate of drug-likeness (QED) is 0.755. The number of rotatable bonds is 7. The summed E-state index contributed by atoms with van der Waals surface area (Å²) in [6, 6.07) is 12.1. The van der Waals surface area contributed by atoms with E-state index >= 15 is 0 Å². The van der Waals surface area contributed by atoms with E-state index in [4.69, 9.17) is 21.7 Å². The molecule has 1 unspecified atom stereocenters. The summed E-state index contributed by atoms with van der Waals surface area (Å²) in [4.78, 5) is 6.36. The summed E-state index contributed by atoms with van der Waals surface area (Å²) >= 11 is 5.67. The molecule has 1 aliphatic rings. The summed E-state index contributed by atoms with van der Waals surface area (Å²) in [5, 5.41) is 4.11. The van der Waals surface area contributed by atoms with Gasteiger partial charge in [-0.05, 0) is 54.4 Å². The lowest BCUT2D eigenvalue weighted by molar-refractivity contribution is 0.113. The van der Waals surface area contributed by atoms with Crippen LogP contribution in [0.15, 0.2) is 48.8 Å². The maximum absolute atomic E-state index is 5.68. The zero-order valence-corrected chi connectivity index (χ0v) is 15.9. The predicted molar refractivity (Wildman–Crippen MR) is 106 cm³/mol. The Labute approximate surface area is 160 Å². The molecule has 2 heterocycles. The number of nitrogens with one attached hydrogen (secondary N) is 1. The van der Waals surface area contributed by atoms with Crippen molar-refractivity contribution in [3.8, 4) is 5.75 Å².